The molecule has 2 nitrogen and oxygen atoms in total. The van der Waals surface area contributed by atoms with Gasteiger partial charge in [-0.05, 0) is 24.1 Å². The summed E-state index contributed by atoms with van der Waals surface area (Å²) < 4.78 is 11.6. The molecule has 0 bridgehead atoms. The van der Waals surface area contributed by atoms with Crippen molar-refractivity contribution in [1.82, 2.24) is 0 Å². The largest absolute Gasteiger partial charge is 0.472 e. The molecule has 0 spiro atoms. The molecule has 2 aliphatic heterocycles. The molecule has 4 rings (SSSR count). The van der Waals surface area contributed by atoms with Gasteiger partial charge in [-0.3, -0.25) is 0 Å². The lowest BCUT2D eigenvalue weighted by molar-refractivity contribution is -0.302. The lowest BCUT2D eigenvalue weighted by Crippen LogP contribution is -2.56. The lowest BCUT2D eigenvalue weighted by atomic mass is 9.71. The Balaban J connectivity index is 1.86. The van der Waals surface area contributed by atoms with Crippen LogP contribution in [0.5, 0.6) is 0 Å². The maximum absolute atomic E-state index is 6.18. The van der Waals surface area contributed by atoms with Gasteiger partial charge in [-0.15, -0.1) is 0 Å². The molecule has 0 amide bonds. The smallest absolute Gasteiger partial charge is 0.210 e. The summed E-state index contributed by atoms with van der Waals surface area (Å²) in [5, 5.41) is 0. The van der Waals surface area contributed by atoms with Crippen LogP contribution in [-0.2, 0) is 15.1 Å². The number of aryl methyl sites for hydroxylation is 1. The van der Waals surface area contributed by atoms with Crippen molar-refractivity contribution in [3.63, 3.8) is 0 Å². The molecule has 100 valence electrons. The first-order chi connectivity index (χ1) is 9.80. The normalized spacial score (nSPS) is 30.4. The van der Waals surface area contributed by atoms with Gasteiger partial charge in [0, 0.05) is 0 Å². The van der Waals surface area contributed by atoms with Gasteiger partial charge in [0.25, 0.3) is 0 Å². The van der Waals surface area contributed by atoms with E-state index in [9.17, 15) is 0 Å². The van der Waals surface area contributed by atoms with Crippen LogP contribution in [0.4, 0.5) is 0 Å². The Kier molecular flexibility index (Phi) is 2.48. The zero-order chi connectivity index (χ0) is 13.6. The fourth-order valence-electron chi connectivity index (χ4n) is 3.18. The number of fused-ring (bicyclic) bond motifs is 1. The highest BCUT2D eigenvalue weighted by Crippen LogP contribution is 2.54. The topological polar surface area (TPSA) is 18.5 Å². The third-order valence-electron chi connectivity index (χ3n) is 4.25. The van der Waals surface area contributed by atoms with Crippen LogP contribution < -0.4 is 0 Å². The summed E-state index contributed by atoms with van der Waals surface area (Å²) >= 11 is 0. The lowest BCUT2D eigenvalue weighted by Gasteiger charge is -2.51. The molecule has 0 radical (unpaired) electrons. The third-order valence-corrected chi connectivity index (χ3v) is 4.25. The van der Waals surface area contributed by atoms with Crippen molar-refractivity contribution in [3.05, 3.63) is 83.6 Å². The van der Waals surface area contributed by atoms with E-state index >= 15 is 0 Å². The minimum Gasteiger partial charge on any atom is -0.472 e. The summed E-state index contributed by atoms with van der Waals surface area (Å²) in [7, 11) is 0. The number of ether oxygens (including phenoxy) is 2. The van der Waals surface area contributed by atoms with Crippen molar-refractivity contribution in [1.29, 1.82) is 0 Å². The summed E-state index contributed by atoms with van der Waals surface area (Å²) in [4.78, 5) is 0. The minimum atomic E-state index is -0.410. The molecule has 1 fully saturated rings. The van der Waals surface area contributed by atoms with E-state index < -0.39 is 5.60 Å². The van der Waals surface area contributed by atoms with Gasteiger partial charge in [-0.2, -0.15) is 0 Å². The molecule has 2 heterocycles. The maximum Gasteiger partial charge on any atom is 0.210 e. The van der Waals surface area contributed by atoms with E-state index in [4.69, 9.17) is 9.47 Å². The first-order valence-electron chi connectivity index (χ1n) is 6.93. The quantitative estimate of drug-likeness (QED) is 0.822. The fourth-order valence-corrected chi connectivity index (χ4v) is 3.18. The Hall–Kier alpha value is -2.06. The summed E-state index contributed by atoms with van der Waals surface area (Å²) in [6.07, 6.45) is 3.73. The van der Waals surface area contributed by atoms with Gasteiger partial charge in [-0.1, -0.05) is 60.2 Å². The number of benzene rings is 2. The molecule has 3 atom stereocenters. The first kappa shape index (κ1) is 11.7. The average Bonchev–Trinajstić information content (AvgIpc) is 2.85. The van der Waals surface area contributed by atoms with E-state index in [0.717, 1.165) is 0 Å². The first-order valence-corrected chi connectivity index (χ1v) is 6.93. The highest BCUT2D eigenvalue weighted by molar-refractivity contribution is 5.43. The molecule has 20 heavy (non-hydrogen) atoms. The highest BCUT2D eigenvalue weighted by Gasteiger charge is 2.59. The molecule has 0 aromatic heterocycles. The van der Waals surface area contributed by atoms with Crippen molar-refractivity contribution in [2.24, 2.45) is 5.92 Å². The van der Waals surface area contributed by atoms with E-state index in [0.29, 0.717) is 0 Å². The van der Waals surface area contributed by atoms with E-state index in [2.05, 4.69) is 61.5 Å². The van der Waals surface area contributed by atoms with E-state index in [1.165, 1.54) is 16.7 Å². The second-order valence-electron chi connectivity index (χ2n) is 5.44. The predicted molar refractivity (Wildman–Crippen MR) is 77.0 cm³/mol. The number of hydrogen-bond acceptors (Lipinski definition) is 2. The van der Waals surface area contributed by atoms with Gasteiger partial charge in [0.15, 0.2) is 0 Å². The molecule has 2 aliphatic rings. The molecule has 2 aromatic carbocycles. The van der Waals surface area contributed by atoms with Crippen molar-refractivity contribution in [3.8, 4) is 0 Å². The summed E-state index contributed by atoms with van der Waals surface area (Å²) in [5.41, 5.74) is 3.21. The Morgan fingerprint density at radius 3 is 2.30 bits per heavy atom. The van der Waals surface area contributed by atoms with Gasteiger partial charge < -0.3 is 9.47 Å². The van der Waals surface area contributed by atoms with E-state index in [1.54, 1.807) is 6.26 Å². The highest BCUT2D eigenvalue weighted by atomic mass is 16.7. The van der Waals surface area contributed by atoms with Gasteiger partial charge in [-0.25, -0.2) is 0 Å². The zero-order valence-electron chi connectivity index (χ0n) is 11.3. The van der Waals surface area contributed by atoms with Crippen LogP contribution in [-0.4, -0.2) is 6.29 Å². The molecular formula is C18H16O2. The molecular weight excluding hydrogens is 248 g/mol. The minimum absolute atomic E-state index is 0.142. The average molecular weight is 264 g/mol. The molecule has 0 aliphatic carbocycles. The van der Waals surface area contributed by atoms with Crippen LogP contribution in [0.15, 0.2) is 66.9 Å². The molecule has 0 saturated carbocycles. The fraction of sp³-hybridized carbons (Fsp3) is 0.222. The Bertz CT molecular complexity index is 645. The Morgan fingerprint density at radius 2 is 1.60 bits per heavy atom. The summed E-state index contributed by atoms with van der Waals surface area (Å²) in [6, 6.07) is 19.0. The number of rotatable bonds is 2. The molecule has 0 N–H and O–H groups in total. The standard InChI is InChI=1S/C18H16O2/c1-13-7-9-15(10-8-13)18(14-5-3-2-4-6-14)16-11-12-19-17(16)20-18/h2-12,16-17H,1H3/t16-,17-,18+/m1/s1. The SMILES string of the molecule is Cc1ccc([C@]2(c3ccccc3)O[C@H]3OC=C[C@H]32)cc1. The monoisotopic (exact) mass is 264 g/mol. The van der Waals surface area contributed by atoms with Crippen molar-refractivity contribution >= 4 is 0 Å². The van der Waals surface area contributed by atoms with Crippen molar-refractivity contribution in [2.75, 3.05) is 0 Å². The van der Waals surface area contributed by atoms with Gasteiger partial charge >= 0.3 is 0 Å². The zero-order valence-corrected chi connectivity index (χ0v) is 11.3. The maximum atomic E-state index is 6.18. The number of hydrogen-bond donors (Lipinski definition) is 0. The van der Waals surface area contributed by atoms with Crippen LogP contribution in [0.2, 0.25) is 0 Å². The third kappa shape index (κ3) is 1.49. The second kappa shape index (κ2) is 4.22. The Labute approximate surface area is 118 Å². The van der Waals surface area contributed by atoms with E-state index in [-0.39, 0.29) is 12.2 Å². The van der Waals surface area contributed by atoms with Gasteiger partial charge in [0.05, 0.1) is 12.2 Å². The molecule has 2 aromatic rings. The van der Waals surface area contributed by atoms with Crippen molar-refractivity contribution < 1.29 is 9.47 Å². The van der Waals surface area contributed by atoms with Crippen LogP contribution >= 0.6 is 0 Å². The molecule has 2 heteroatoms. The van der Waals surface area contributed by atoms with Crippen LogP contribution in [0, 0.1) is 12.8 Å². The molecule has 1 saturated heterocycles. The van der Waals surface area contributed by atoms with Crippen LogP contribution in [0.3, 0.4) is 0 Å². The summed E-state index contributed by atoms with van der Waals surface area (Å²) in [5.74, 6) is 0.243. The second-order valence-corrected chi connectivity index (χ2v) is 5.44. The van der Waals surface area contributed by atoms with Crippen LogP contribution in [0.1, 0.15) is 16.7 Å². The molecule has 0 unspecified atom stereocenters. The van der Waals surface area contributed by atoms with E-state index in [1.807, 2.05) is 6.07 Å². The van der Waals surface area contributed by atoms with Crippen LogP contribution in [0.25, 0.3) is 0 Å². The Morgan fingerprint density at radius 1 is 0.900 bits per heavy atom. The van der Waals surface area contributed by atoms with Gasteiger partial charge in [0.1, 0.15) is 5.60 Å². The summed E-state index contributed by atoms with van der Waals surface area (Å²) in [6.45, 7) is 2.10. The predicted octanol–water partition coefficient (Wildman–Crippen LogP) is 3.76. The van der Waals surface area contributed by atoms with Gasteiger partial charge in [0.2, 0.25) is 6.29 Å². The van der Waals surface area contributed by atoms with Crippen molar-refractivity contribution in [2.45, 2.75) is 18.8 Å².